The first-order chi connectivity index (χ1) is 9.72. The fourth-order valence-corrected chi connectivity index (χ4v) is 2.92. The smallest absolute Gasteiger partial charge is 0.231 e. The molecule has 0 spiro atoms. The molecular weight excluding hydrogens is 324 g/mol. The van der Waals surface area contributed by atoms with Crippen molar-refractivity contribution in [1.29, 1.82) is 0 Å². The van der Waals surface area contributed by atoms with Crippen molar-refractivity contribution in [2.24, 2.45) is 0 Å². The molecule has 110 valence electrons. The fourth-order valence-electron chi connectivity index (χ4n) is 2.45. The van der Waals surface area contributed by atoms with E-state index in [4.69, 9.17) is 14.2 Å². The third-order valence-electron chi connectivity index (χ3n) is 3.57. The predicted octanol–water partition coefficient (Wildman–Crippen LogP) is 1.60. The Kier molecular flexibility index (Phi) is 4.45. The van der Waals surface area contributed by atoms with Gasteiger partial charge in [-0.05, 0) is 24.7 Å². The highest BCUT2D eigenvalue weighted by Crippen LogP contribution is 2.36. The SMILES string of the molecule is CN1CCOC(CNCc2cc3c(cc2Br)OCO3)C1. The number of morpholine rings is 1. The summed E-state index contributed by atoms with van der Waals surface area (Å²) in [5.41, 5.74) is 1.17. The Labute approximate surface area is 127 Å². The third-order valence-corrected chi connectivity index (χ3v) is 4.31. The maximum atomic E-state index is 5.73. The summed E-state index contributed by atoms with van der Waals surface area (Å²) in [5.74, 6) is 1.62. The van der Waals surface area contributed by atoms with E-state index >= 15 is 0 Å². The molecule has 1 atom stereocenters. The van der Waals surface area contributed by atoms with Gasteiger partial charge < -0.3 is 24.4 Å². The van der Waals surface area contributed by atoms with Gasteiger partial charge in [0, 0.05) is 30.7 Å². The van der Waals surface area contributed by atoms with E-state index in [0.29, 0.717) is 6.79 Å². The van der Waals surface area contributed by atoms with Crippen LogP contribution in [0.2, 0.25) is 0 Å². The molecule has 1 unspecified atom stereocenters. The molecule has 2 aliphatic rings. The summed E-state index contributed by atoms with van der Waals surface area (Å²) in [6, 6.07) is 3.98. The lowest BCUT2D eigenvalue weighted by molar-refractivity contribution is -0.0182. The van der Waals surface area contributed by atoms with Gasteiger partial charge in [-0.25, -0.2) is 0 Å². The number of ether oxygens (including phenoxy) is 3. The standard InChI is InChI=1S/C14H19BrN2O3/c1-17-2-3-18-11(8-17)7-16-6-10-4-13-14(5-12(10)15)20-9-19-13/h4-5,11,16H,2-3,6-9H2,1H3. The number of hydrogen-bond acceptors (Lipinski definition) is 5. The zero-order chi connectivity index (χ0) is 13.9. The quantitative estimate of drug-likeness (QED) is 0.900. The van der Waals surface area contributed by atoms with Crippen LogP contribution in [0.15, 0.2) is 16.6 Å². The summed E-state index contributed by atoms with van der Waals surface area (Å²) in [4.78, 5) is 2.30. The van der Waals surface area contributed by atoms with Crippen LogP contribution < -0.4 is 14.8 Å². The zero-order valence-electron chi connectivity index (χ0n) is 11.5. The van der Waals surface area contributed by atoms with Gasteiger partial charge >= 0.3 is 0 Å². The van der Waals surface area contributed by atoms with Crippen molar-refractivity contribution in [3.63, 3.8) is 0 Å². The van der Waals surface area contributed by atoms with Crippen LogP contribution in [0.25, 0.3) is 0 Å². The van der Waals surface area contributed by atoms with Crippen LogP contribution in [-0.2, 0) is 11.3 Å². The normalized spacial score (nSPS) is 22.2. The molecule has 1 saturated heterocycles. The van der Waals surface area contributed by atoms with E-state index in [-0.39, 0.29) is 6.10 Å². The number of fused-ring (bicyclic) bond motifs is 1. The van der Waals surface area contributed by atoms with Crippen molar-refractivity contribution >= 4 is 15.9 Å². The molecule has 6 heteroatoms. The van der Waals surface area contributed by atoms with Crippen LogP contribution in [0, 0.1) is 0 Å². The number of hydrogen-bond donors (Lipinski definition) is 1. The topological polar surface area (TPSA) is 43.0 Å². The van der Waals surface area contributed by atoms with Crippen LogP contribution in [0.3, 0.4) is 0 Å². The molecular formula is C14H19BrN2O3. The minimum Gasteiger partial charge on any atom is -0.454 e. The van der Waals surface area contributed by atoms with E-state index in [9.17, 15) is 0 Å². The number of nitrogens with one attached hydrogen (secondary N) is 1. The molecule has 1 aromatic carbocycles. The predicted molar refractivity (Wildman–Crippen MR) is 79.2 cm³/mol. The van der Waals surface area contributed by atoms with E-state index in [1.54, 1.807) is 0 Å². The van der Waals surface area contributed by atoms with Gasteiger partial charge in [0.05, 0.1) is 12.7 Å². The van der Waals surface area contributed by atoms with Crippen molar-refractivity contribution < 1.29 is 14.2 Å². The average molecular weight is 343 g/mol. The lowest BCUT2D eigenvalue weighted by Crippen LogP contribution is -2.44. The molecule has 5 nitrogen and oxygen atoms in total. The molecule has 3 rings (SSSR count). The van der Waals surface area contributed by atoms with Crippen LogP contribution in [0.1, 0.15) is 5.56 Å². The first-order valence-corrected chi connectivity index (χ1v) is 7.60. The highest BCUT2D eigenvalue weighted by Gasteiger charge is 2.18. The summed E-state index contributed by atoms with van der Waals surface area (Å²) in [6.07, 6.45) is 0.265. The van der Waals surface area contributed by atoms with Gasteiger partial charge in [0.15, 0.2) is 11.5 Å². The van der Waals surface area contributed by atoms with E-state index in [0.717, 1.165) is 48.8 Å². The van der Waals surface area contributed by atoms with Gasteiger partial charge in [-0.2, -0.15) is 0 Å². The van der Waals surface area contributed by atoms with Crippen molar-refractivity contribution in [2.45, 2.75) is 12.6 Å². The lowest BCUT2D eigenvalue weighted by atomic mass is 10.2. The summed E-state index contributed by atoms with van der Waals surface area (Å²) in [5, 5.41) is 3.45. The lowest BCUT2D eigenvalue weighted by Gasteiger charge is -2.30. The Hall–Kier alpha value is -0.820. The molecule has 2 aliphatic heterocycles. The number of likely N-dealkylation sites (N-methyl/N-ethyl adjacent to an activating group) is 1. The Balaban J connectivity index is 1.53. The molecule has 1 fully saturated rings. The number of benzene rings is 1. The maximum Gasteiger partial charge on any atom is 0.231 e. The molecule has 0 aliphatic carbocycles. The van der Waals surface area contributed by atoms with Crippen molar-refractivity contribution in [3.05, 3.63) is 22.2 Å². The summed E-state index contributed by atoms with van der Waals surface area (Å²) >= 11 is 3.57. The summed E-state index contributed by atoms with van der Waals surface area (Å²) in [6.45, 7) is 4.75. The number of rotatable bonds is 4. The van der Waals surface area contributed by atoms with E-state index < -0.39 is 0 Å². The third kappa shape index (κ3) is 3.25. The van der Waals surface area contributed by atoms with E-state index in [2.05, 4.69) is 33.2 Å². The molecule has 0 radical (unpaired) electrons. The molecule has 0 saturated carbocycles. The van der Waals surface area contributed by atoms with E-state index in [1.807, 2.05) is 12.1 Å². The monoisotopic (exact) mass is 342 g/mol. The highest BCUT2D eigenvalue weighted by atomic mass is 79.9. The second kappa shape index (κ2) is 6.30. The van der Waals surface area contributed by atoms with Gasteiger partial charge in [-0.15, -0.1) is 0 Å². The van der Waals surface area contributed by atoms with Gasteiger partial charge in [-0.3, -0.25) is 0 Å². The second-order valence-electron chi connectivity index (χ2n) is 5.18. The molecule has 2 heterocycles. The van der Waals surface area contributed by atoms with Gasteiger partial charge in [-0.1, -0.05) is 15.9 Å². The van der Waals surface area contributed by atoms with Crippen molar-refractivity contribution in [3.8, 4) is 11.5 Å². The minimum atomic E-state index is 0.265. The van der Waals surface area contributed by atoms with E-state index in [1.165, 1.54) is 5.56 Å². The maximum absolute atomic E-state index is 5.73. The van der Waals surface area contributed by atoms with Crippen LogP contribution in [0.5, 0.6) is 11.5 Å². The van der Waals surface area contributed by atoms with Gasteiger partial charge in [0.2, 0.25) is 6.79 Å². The number of halogens is 1. The van der Waals surface area contributed by atoms with Crippen molar-refractivity contribution in [2.75, 3.05) is 40.1 Å². The molecule has 1 N–H and O–H groups in total. The highest BCUT2D eigenvalue weighted by molar-refractivity contribution is 9.10. The first-order valence-electron chi connectivity index (χ1n) is 6.81. The minimum absolute atomic E-state index is 0.265. The van der Waals surface area contributed by atoms with Crippen LogP contribution in [0.4, 0.5) is 0 Å². The number of nitrogens with zero attached hydrogens (tertiary/aromatic N) is 1. The van der Waals surface area contributed by atoms with Gasteiger partial charge in [0.25, 0.3) is 0 Å². The average Bonchev–Trinajstić information content (AvgIpc) is 2.86. The Morgan fingerprint density at radius 1 is 1.35 bits per heavy atom. The molecule has 0 bridgehead atoms. The van der Waals surface area contributed by atoms with Gasteiger partial charge in [0.1, 0.15) is 0 Å². The zero-order valence-corrected chi connectivity index (χ0v) is 13.1. The molecule has 20 heavy (non-hydrogen) atoms. The summed E-state index contributed by atoms with van der Waals surface area (Å²) in [7, 11) is 2.13. The largest absolute Gasteiger partial charge is 0.454 e. The first kappa shape index (κ1) is 14.1. The van der Waals surface area contributed by atoms with Crippen LogP contribution in [-0.4, -0.2) is 51.1 Å². The molecule has 1 aromatic rings. The van der Waals surface area contributed by atoms with Crippen LogP contribution >= 0.6 is 15.9 Å². The fraction of sp³-hybridized carbons (Fsp3) is 0.571. The molecule has 0 aromatic heterocycles. The Morgan fingerprint density at radius 2 is 2.15 bits per heavy atom. The summed E-state index contributed by atoms with van der Waals surface area (Å²) < 4.78 is 17.5. The Bertz CT molecular complexity index is 484. The second-order valence-corrected chi connectivity index (χ2v) is 6.04. The van der Waals surface area contributed by atoms with Crippen molar-refractivity contribution in [1.82, 2.24) is 10.2 Å². The Morgan fingerprint density at radius 3 is 2.95 bits per heavy atom. The molecule has 0 amide bonds.